The Labute approximate surface area is 131 Å². The Bertz CT molecular complexity index is 479. The van der Waals surface area contributed by atoms with Crippen molar-refractivity contribution in [1.82, 2.24) is 4.90 Å². The fraction of sp³-hybridized carbons (Fsp3) is 0.588. The number of carbonyl (C=O) groups excluding carboxylic acids is 1. The number of carbonyl (C=O) groups is 1. The molecule has 0 aromatic heterocycles. The Morgan fingerprint density at radius 2 is 1.90 bits per heavy atom. The molecule has 1 unspecified atom stereocenters. The van der Waals surface area contributed by atoms with Gasteiger partial charge in [-0.2, -0.15) is 11.8 Å². The molecule has 1 saturated carbocycles. The Hall–Kier alpha value is -1.00. The largest absolute Gasteiger partial charge is 0.339 e. The highest BCUT2D eigenvalue weighted by Crippen LogP contribution is 2.43. The quantitative estimate of drug-likeness (QED) is 0.913. The van der Waals surface area contributed by atoms with Crippen LogP contribution in [0.5, 0.6) is 0 Å². The first-order valence-electron chi connectivity index (χ1n) is 7.94. The van der Waals surface area contributed by atoms with Crippen molar-refractivity contribution in [3.63, 3.8) is 0 Å². The topological polar surface area (TPSA) is 46.3 Å². The highest BCUT2D eigenvalue weighted by molar-refractivity contribution is 8.00. The summed E-state index contributed by atoms with van der Waals surface area (Å²) in [4.78, 5) is 14.7. The van der Waals surface area contributed by atoms with Gasteiger partial charge in [0.2, 0.25) is 5.91 Å². The molecule has 3 nitrogen and oxygen atoms in total. The average Bonchev–Trinajstić information content (AvgIpc) is 2.55. The van der Waals surface area contributed by atoms with E-state index in [4.69, 9.17) is 5.73 Å². The van der Waals surface area contributed by atoms with Gasteiger partial charge in [-0.3, -0.25) is 4.79 Å². The average molecular weight is 304 g/mol. The minimum atomic E-state index is -0.519. The third-order valence-electron chi connectivity index (χ3n) is 4.75. The number of benzene rings is 1. The van der Waals surface area contributed by atoms with Gasteiger partial charge in [0, 0.05) is 23.6 Å². The predicted octanol–water partition coefficient (Wildman–Crippen LogP) is 2.96. The van der Waals surface area contributed by atoms with Crippen LogP contribution in [0.25, 0.3) is 0 Å². The van der Waals surface area contributed by atoms with E-state index in [1.807, 2.05) is 35.2 Å². The molecule has 1 aliphatic carbocycles. The van der Waals surface area contributed by atoms with Crippen LogP contribution in [0.2, 0.25) is 0 Å². The first kappa shape index (κ1) is 14.9. The number of nitrogens with two attached hydrogens (primary N) is 1. The second kappa shape index (κ2) is 6.41. The second-order valence-corrected chi connectivity index (χ2v) is 7.80. The SMILES string of the molecule is NC(C(=O)N1CCSC2(CCCCC2)C1)c1ccccc1. The van der Waals surface area contributed by atoms with E-state index in [9.17, 15) is 4.79 Å². The molecule has 1 amide bonds. The Kier molecular flexibility index (Phi) is 4.55. The van der Waals surface area contributed by atoms with E-state index in [-0.39, 0.29) is 5.91 Å². The third-order valence-corrected chi connectivity index (χ3v) is 6.29. The van der Waals surface area contributed by atoms with Gasteiger partial charge < -0.3 is 10.6 Å². The van der Waals surface area contributed by atoms with Crippen LogP contribution in [0.3, 0.4) is 0 Å². The second-order valence-electron chi connectivity index (χ2n) is 6.24. The van der Waals surface area contributed by atoms with Crippen molar-refractivity contribution in [2.45, 2.75) is 42.9 Å². The third kappa shape index (κ3) is 3.27. The van der Waals surface area contributed by atoms with E-state index >= 15 is 0 Å². The number of rotatable bonds is 2. The lowest BCUT2D eigenvalue weighted by Crippen LogP contribution is -2.52. The highest BCUT2D eigenvalue weighted by atomic mass is 32.2. The van der Waals surface area contributed by atoms with Crippen LogP contribution in [0.1, 0.15) is 43.7 Å². The van der Waals surface area contributed by atoms with Crippen LogP contribution >= 0.6 is 11.8 Å². The number of thioether (sulfide) groups is 1. The summed E-state index contributed by atoms with van der Waals surface area (Å²) in [5.41, 5.74) is 7.10. The Morgan fingerprint density at radius 3 is 2.62 bits per heavy atom. The lowest BCUT2D eigenvalue weighted by molar-refractivity contribution is -0.133. The van der Waals surface area contributed by atoms with Crippen LogP contribution in [0.4, 0.5) is 0 Å². The standard InChI is InChI=1S/C17H24N2OS/c18-15(14-7-3-1-4-8-14)16(20)19-11-12-21-17(13-19)9-5-2-6-10-17/h1,3-4,7-8,15H,2,5-6,9-13,18H2. The molecular weight excluding hydrogens is 280 g/mol. The molecule has 1 saturated heterocycles. The van der Waals surface area contributed by atoms with E-state index in [0.717, 1.165) is 24.4 Å². The monoisotopic (exact) mass is 304 g/mol. The zero-order chi connectivity index (χ0) is 14.7. The molecule has 4 heteroatoms. The molecule has 1 atom stereocenters. The molecule has 2 fully saturated rings. The maximum absolute atomic E-state index is 12.7. The first-order valence-corrected chi connectivity index (χ1v) is 8.92. The van der Waals surface area contributed by atoms with Crippen molar-refractivity contribution >= 4 is 17.7 Å². The molecule has 2 aliphatic rings. The molecule has 0 bridgehead atoms. The van der Waals surface area contributed by atoms with E-state index in [1.54, 1.807) is 0 Å². The van der Waals surface area contributed by atoms with Crippen molar-refractivity contribution in [1.29, 1.82) is 0 Å². The molecule has 1 heterocycles. The van der Waals surface area contributed by atoms with Crippen LogP contribution in [-0.4, -0.2) is 34.4 Å². The van der Waals surface area contributed by atoms with Crippen molar-refractivity contribution in [3.05, 3.63) is 35.9 Å². The van der Waals surface area contributed by atoms with Gasteiger partial charge in [-0.1, -0.05) is 49.6 Å². The van der Waals surface area contributed by atoms with Gasteiger partial charge in [-0.25, -0.2) is 0 Å². The maximum Gasteiger partial charge on any atom is 0.244 e. The van der Waals surface area contributed by atoms with Crippen LogP contribution in [0, 0.1) is 0 Å². The predicted molar refractivity (Wildman–Crippen MR) is 88.2 cm³/mol. The summed E-state index contributed by atoms with van der Waals surface area (Å²) in [7, 11) is 0. The van der Waals surface area contributed by atoms with E-state index in [0.29, 0.717) is 4.75 Å². The van der Waals surface area contributed by atoms with Crippen LogP contribution in [-0.2, 0) is 4.79 Å². The first-order chi connectivity index (χ1) is 10.2. The zero-order valence-electron chi connectivity index (χ0n) is 12.5. The molecule has 1 aliphatic heterocycles. The minimum absolute atomic E-state index is 0.0893. The van der Waals surface area contributed by atoms with Gasteiger partial charge in [0.15, 0.2) is 0 Å². The van der Waals surface area contributed by atoms with Gasteiger partial charge in [-0.15, -0.1) is 0 Å². The van der Waals surface area contributed by atoms with Gasteiger partial charge in [-0.05, 0) is 18.4 Å². The summed E-state index contributed by atoms with van der Waals surface area (Å²) >= 11 is 2.08. The van der Waals surface area contributed by atoms with E-state index in [2.05, 4.69) is 11.8 Å². The van der Waals surface area contributed by atoms with Crippen molar-refractivity contribution in [3.8, 4) is 0 Å². The molecule has 1 spiro atoms. The molecule has 1 aromatic carbocycles. The minimum Gasteiger partial charge on any atom is -0.339 e. The summed E-state index contributed by atoms with van der Waals surface area (Å²) in [5, 5.41) is 0. The molecule has 21 heavy (non-hydrogen) atoms. The Morgan fingerprint density at radius 1 is 1.19 bits per heavy atom. The summed E-state index contributed by atoms with van der Waals surface area (Å²) in [6.07, 6.45) is 6.46. The molecule has 114 valence electrons. The van der Waals surface area contributed by atoms with Crippen LogP contribution in [0.15, 0.2) is 30.3 Å². The van der Waals surface area contributed by atoms with E-state index < -0.39 is 6.04 Å². The molecule has 3 rings (SSSR count). The van der Waals surface area contributed by atoms with Gasteiger partial charge in [0.25, 0.3) is 0 Å². The summed E-state index contributed by atoms with van der Waals surface area (Å²) in [5.74, 6) is 1.14. The van der Waals surface area contributed by atoms with Crippen molar-refractivity contribution < 1.29 is 4.79 Å². The number of nitrogens with zero attached hydrogens (tertiary/aromatic N) is 1. The summed E-state index contributed by atoms with van der Waals surface area (Å²) in [6.45, 7) is 1.73. The number of hydrogen-bond acceptors (Lipinski definition) is 3. The maximum atomic E-state index is 12.7. The molecule has 1 aromatic rings. The summed E-state index contributed by atoms with van der Waals surface area (Å²) < 4.78 is 0.308. The highest BCUT2D eigenvalue weighted by Gasteiger charge is 2.39. The normalized spacial score (nSPS) is 23.0. The smallest absolute Gasteiger partial charge is 0.244 e. The summed E-state index contributed by atoms with van der Waals surface area (Å²) in [6, 6.07) is 9.20. The zero-order valence-corrected chi connectivity index (χ0v) is 13.3. The van der Waals surface area contributed by atoms with Gasteiger partial charge in [0.1, 0.15) is 6.04 Å². The lowest BCUT2D eigenvalue weighted by Gasteiger charge is -2.45. The fourth-order valence-electron chi connectivity index (χ4n) is 3.53. The lowest BCUT2D eigenvalue weighted by atomic mass is 9.87. The molecule has 2 N–H and O–H groups in total. The number of hydrogen-bond donors (Lipinski definition) is 1. The van der Waals surface area contributed by atoms with Gasteiger partial charge >= 0.3 is 0 Å². The molecule has 0 radical (unpaired) electrons. The van der Waals surface area contributed by atoms with Gasteiger partial charge in [0.05, 0.1) is 0 Å². The van der Waals surface area contributed by atoms with Crippen molar-refractivity contribution in [2.75, 3.05) is 18.8 Å². The Balaban J connectivity index is 1.69. The fourth-order valence-corrected chi connectivity index (χ4v) is 5.10. The van der Waals surface area contributed by atoms with Crippen LogP contribution < -0.4 is 5.73 Å². The van der Waals surface area contributed by atoms with E-state index in [1.165, 1.54) is 32.1 Å². The molecular formula is C17H24N2OS. The number of amides is 1. The van der Waals surface area contributed by atoms with Crippen molar-refractivity contribution in [2.24, 2.45) is 5.73 Å².